The number of unbranched alkanes of at least 4 members (excludes halogenated alkanes) is 1. The second-order valence-corrected chi connectivity index (χ2v) is 34.8. The van der Waals surface area contributed by atoms with Crippen LogP contribution < -0.4 is 42.5 Å². The number of esters is 8. The predicted octanol–water partition coefficient (Wildman–Crippen LogP) is -0.589. The molecule has 8 N–H and O–H groups in total. The van der Waals surface area contributed by atoms with Crippen LogP contribution in [0, 0.1) is 12.3 Å². The molecule has 3 heterocycles. The first-order valence-corrected chi connectivity index (χ1v) is 49.1. The fourth-order valence-corrected chi connectivity index (χ4v) is 16.0. The van der Waals surface area contributed by atoms with Gasteiger partial charge in [0.25, 0.3) is 8.53 Å². The van der Waals surface area contributed by atoms with E-state index >= 15 is 0 Å². The number of nitrogens with one attached hydrogen (secondary N) is 8. The highest BCUT2D eigenvalue weighted by molar-refractivity contribution is 7.44. The van der Waals surface area contributed by atoms with Gasteiger partial charge in [-0.15, -0.1) is 12.3 Å². The normalized spacial score (nSPS) is 21.4. The Morgan fingerprint density at radius 3 is 1.02 bits per heavy atom. The highest BCUT2D eigenvalue weighted by Gasteiger charge is 2.55. The third-order valence-electron chi connectivity index (χ3n) is 20.3. The number of ether oxygens (including phenoxy) is 23. The van der Waals surface area contributed by atoms with Crippen molar-refractivity contribution in [1.82, 2.24) is 47.2 Å². The standard InChI is InChI=1S/C92H152N9O42P/c1-18-19-33-133-144(101(57(2)3)58(4)5)134-54-50-127-46-45-126-44-43-125-42-41-124-40-39-123-38-37-120-34-28-78(116)100-72(89(118)95-31-36-122-49-52-128-90-79(96-60(7)103)85(138-68(15)111)82(135-65(12)108)73(141-90)25-22-59(6)102)24-27-77(115)99-71(23-26-76(114)93-30-35-121-48-53-130-92-81(98-62(9)105)87(140-70(17)113)84(137-67(14)110)75(143-92)56-132-64(11)107)88(117)94-29-20-21-32-119-47-51-129-91-80(97-61(8)104)86(139-69(16)112)83(136-66(13)109)74(142-91)55-131-63(10)106/h1,57-58,71-75,79-87,90-92H,19-56H2,2-17H3,(H,93,114)(H,94,117)(H,95,118)(H,96,103)(H,97,104)(H,98,105)(H,99,115)(H,100,116). The Morgan fingerprint density at radius 1 is 0.333 bits per heavy atom. The number of carbonyl (C=O) groups excluding carboxylic acids is 17. The van der Waals surface area contributed by atoms with Crippen molar-refractivity contribution in [2.24, 2.45) is 0 Å². The summed E-state index contributed by atoms with van der Waals surface area (Å²) in [5, 5.41) is 21.2. The third kappa shape index (κ3) is 57.0. The van der Waals surface area contributed by atoms with Gasteiger partial charge in [0, 0.05) is 147 Å². The maximum Gasteiger partial charge on any atom is 0.303 e. The molecule has 18 unspecified atom stereocenters. The molecule has 18 atom stereocenters. The van der Waals surface area contributed by atoms with Crippen LogP contribution in [-0.4, -0.2) is 406 Å². The van der Waals surface area contributed by atoms with Crippen molar-refractivity contribution in [3.63, 3.8) is 0 Å². The topological polar surface area (TPSA) is 620 Å². The van der Waals surface area contributed by atoms with E-state index in [4.69, 9.17) is 124 Å². The Kier molecular flexibility index (Phi) is 67.2. The molecule has 144 heavy (non-hydrogen) atoms. The van der Waals surface area contributed by atoms with Gasteiger partial charge in [0.2, 0.25) is 47.3 Å². The van der Waals surface area contributed by atoms with Gasteiger partial charge < -0.3 is 165 Å². The lowest BCUT2D eigenvalue weighted by Crippen LogP contribution is -2.66. The number of terminal acetylenes is 1. The average Bonchev–Trinajstić information content (AvgIpc) is 0.793. The van der Waals surface area contributed by atoms with Gasteiger partial charge >= 0.3 is 47.8 Å². The van der Waals surface area contributed by atoms with Gasteiger partial charge in [-0.3, -0.25) is 76.7 Å². The molecule has 3 saturated heterocycles. The molecule has 0 aliphatic carbocycles. The molecule has 51 nitrogen and oxygen atoms in total. The van der Waals surface area contributed by atoms with E-state index in [0.717, 1.165) is 55.4 Å². The minimum absolute atomic E-state index is 0.0116. The number of nitrogens with zero attached hydrogens (tertiary/aromatic N) is 1. The van der Waals surface area contributed by atoms with Crippen LogP contribution in [0.15, 0.2) is 0 Å². The van der Waals surface area contributed by atoms with E-state index in [1.165, 1.54) is 27.7 Å². The largest absolute Gasteiger partial charge is 0.463 e. The molecule has 8 amide bonds. The number of hydrogen-bond acceptors (Lipinski definition) is 43. The van der Waals surface area contributed by atoms with E-state index in [0.29, 0.717) is 78.7 Å². The predicted molar refractivity (Wildman–Crippen MR) is 500 cm³/mol. The number of amides is 8. The molecule has 0 aromatic heterocycles. The molecule has 0 bridgehead atoms. The first-order valence-electron chi connectivity index (χ1n) is 47.9. The highest BCUT2D eigenvalue weighted by Crippen LogP contribution is 2.46. The maximum atomic E-state index is 14.2. The number of hydrogen-bond donors (Lipinski definition) is 8. The minimum atomic E-state index is -1.40. The molecule has 822 valence electrons. The van der Waals surface area contributed by atoms with Crippen LogP contribution in [0.5, 0.6) is 0 Å². The first-order chi connectivity index (χ1) is 68.6. The average molecular weight is 2090 g/mol. The lowest BCUT2D eigenvalue weighted by atomic mass is 9.93. The van der Waals surface area contributed by atoms with Crippen LogP contribution in [0.2, 0.25) is 0 Å². The quantitative estimate of drug-likeness (QED) is 0.0124. The fraction of sp³-hybridized carbons (Fsp3) is 0.793. The van der Waals surface area contributed by atoms with Crippen molar-refractivity contribution in [2.75, 3.05) is 185 Å². The molecular formula is C92H152N9O42P. The molecule has 3 fully saturated rings. The molecule has 3 rings (SSSR count). The summed E-state index contributed by atoms with van der Waals surface area (Å²) in [6, 6.07) is -6.09. The Labute approximate surface area is 840 Å². The second kappa shape index (κ2) is 75.2. The zero-order chi connectivity index (χ0) is 107. The van der Waals surface area contributed by atoms with Crippen molar-refractivity contribution in [2.45, 2.75) is 291 Å². The molecule has 0 aromatic rings. The molecule has 0 saturated carbocycles. The molecule has 3 aliphatic rings. The third-order valence-corrected chi connectivity index (χ3v) is 22.4. The number of Topliss-reactive ketones (excluding diaryl/α,β-unsaturated/α-hetero) is 1. The summed E-state index contributed by atoms with van der Waals surface area (Å²) < 4.78 is 145. The monoisotopic (exact) mass is 2090 g/mol. The van der Waals surface area contributed by atoms with Crippen molar-refractivity contribution in [3.05, 3.63) is 0 Å². The van der Waals surface area contributed by atoms with E-state index < -0.39 is 227 Å². The lowest BCUT2D eigenvalue weighted by molar-refractivity contribution is -0.279. The Morgan fingerprint density at radius 2 is 0.653 bits per heavy atom. The van der Waals surface area contributed by atoms with E-state index in [1.54, 1.807) is 0 Å². The van der Waals surface area contributed by atoms with Gasteiger partial charge in [-0.1, -0.05) is 0 Å². The molecular weight excluding hydrogens is 1930 g/mol. The smallest absolute Gasteiger partial charge is 0.303 e. The van der Waals surface area contributed by atoms with E-state index in [1.807, 2.05) is 0 Å². The second-order valence-electron chi connectivity index (χ2n) is 33.4. The fourth-order valence-electron chi connectivity index (χ4n) is 14.4. The van der Waals surface area contributed by atoms with Gasteiger partial charge in [-0.25, -0.2) is 4.67 Å². The van der Waals surface area contributed by atoms with Crippen molar-refractivity contribution >= 4 is 109 Å². The summed E-state index contributed by atoms with van der Waals surface area (Å²) in [5.41, 5.74) is 0. The Balaban J connectivity index is 1.75. The molecule has 0 spiro atoms. The van der Waals surface area contributed by atoms with Crippen molar-refractivity contribution in [3.8, 4) is 12.3 Å². The molecule has 0 radical (unpaired) electrons. The number of rotatable bonds is 77. The summed E-state index contributed by atoms with van der Waals surface area (Å²) in [5.74, 6) is -9.15. The van der Waals surface area contributed by atoms with E-state index in [-0.39, 0.29) is 169 Å². The van der Waals surface area contributed by atoms with Crippen LogP contribution in [-0.2, 0) is 200 Å². The van der Waals surface area contributed by atoms with Crippen LogP contribution in [0.25, 0.3) is 0 Å². The minimum Gasteiger partial charge on any atom is -0.463 e. The zero-order valence-corrected chi connectivity index (χ0v) is 86.4. The van der Waals surface area contributed by atoms with Gasteiger partial charge in [-0.05, 0) is 66.7 Å². The van der Waals surface area contributed by atoms with E-state index in [9.17, 15) is 81.5 Å². The summed E-state index contributed by atoms with van der Waals surface area (Å²) in [6.07, 6.45) is -10.9. The molecule has 52 heteroatoms. The van der Waals surface area contributed by atoms with Gasteiger partial charge in [0.1, 0.15) is 67.5 Å². The number of ketones is 1. The highest BCUT2D eigenvalue weighted by atomic mass is 31.2. The summed E-state index contributed by atoms with van der Waals surface area (Å²) >= 11 is 0. The van der Waals surface area contributed by atoms with Crippen LogP contribution >= 0.6 is 8.53 Å². The van der Waals surface area contributed by atoms with Crippen molar-refractivity contribution < 1.29 is 200 Å². The van der Waals surface area contributed by atoms with Gasteiger partial charge in [0.15, 0.2) is 55.5 Å². The lowest BCUT2D eigenvalue weighted by Gasteiger charge is -2.45. The van der Waals surface area contributed by atoms with Gasteiger partial charge in [-0.2, -0.15) is 0 Å². The molecule has 0 aromatic carbocycles. The van der Waals surface area contributed by atoms with E-state index in [2.05, 4.69) is 80.8 Å². The maximum absolute atomic E-state index is 14.2. The summed E-state index contributed by atoms with van der Waals surface area (Å²) in [6.45, 7) is 23.4. The van der Waals surface area contributed by atoms with Crippen LogP contribution in [0.3, 0.4) is 0 Å². The summed E-state index contributed by atoms with van der Waals surface area (Å²) in [4.78, 5) is 217. The van der Waals surface area contributed by atoms with Crippen molar-refractivity contribution in [1.29, 1.82) is 0 Å². The Hall–Kier alpha value is -9.54. The summed E-state index contributed by atoms with van der Waals surface area (Å²) in [7, 11) is -1.31. The van der Waals surface area contributed by atoms with Crippen LogP contribution in [0.4, 0.5) is 0 Å². The first kappa shape index (κ1) is 129. The van der Waals surface area contributed by atoms with Crippen LogP contribution in [0.1, 0.15) is 175 Å². The molecule has 3 aliphatic heterocycles. The SMILES string of the molecule is C#CCCOP(OCCOCCOCCOCCOCCOCCOCCC(=O)NC(CCC(=O)NC(CCC(=O)NCCOCCOC1OC(COC(C)=O)C(OC(C)=O)C(OC(C)=O)C1NC(C)=O)C(=O)NCCCCOCCOC1OC(COC(C)=O)C(OC(C)=O)C(OC(C)=O)C1NC(C)=O)C(=O)NCCOCCOC1OC(CCC(C)=O)C(OC(C)=O)C(OC(C)=O)C1NC(C)=O)N(C(C)C)C(C)C. The number of carbonyl (C=O) groups is 17. The Bertz CT molecular complexity index is 3920. The zero-order valence-electron chi connectivity index (χ0n) is 85.5. The van der Waals surface area contributed by atoms with Gasteiger partial charge in [0.05, 0.1) is 145 Å².